The highest BCUT2D eigenvalue weighted by atomic mass is 35.5. The number of aryl methyl sites for hydroxylation is 1. The highest BCUT2D eigenvalue weighted by molar-refractivity contribution is 6.30. The van der Waals surface area contributed by atoms with E-state index in [9.17, 15) is 14.0 Å². The highest BCUT2D eigenvalue weighted by Crippen LogP contribution is 2.22. The summed E-state index contributed by atoms with van der Waals surface area (Å²) in [6.07, 6.45) is 0. The van der Waals surface area contributed by atoms with Crippen LogP contribution in [-0.4, -0.2) is 11.9 Å². The number of halogens is 2. The summed E-state index contributed by atoms with van der Waals surface area (Å²) in [5.41, 5.74) is 1.93. The summed E-state index contributed by atoms with van der Waals surface area (Å²) in [6, 6.07) is 8.40. The van der Waals surface area contributed by atoms with Crippen LogP contribution in [0.5, 0.6) is 0 Å². The minimum Gasteiger partial charge on any atom is -0.326 e. The lowest BCUT2D eigenvalue weighted by atomic mass is 10.2. The maximum absolute atomic E-state index is 13.6. The van der Waals surface area contributed by atoms with E-state index in [0.29, 0.717) is 11.4 Å². The lowest BCUT2D eigenvalue weighted by Crippen LogP contribution is -2.20. The van der Waals surface area contributed by atoms with Gasteiger partial charge in [0.1, 0.15) is 5.82 Å². The zero-order valence-corrected chi connectivity index (χ0v) is 13.3. The van der Waals surface area contributed by atoms with E-state index in [4.69, 9.17) is 11.6 Å². The second-order valence-corrected chi connectivity index (χ2v) is 5.35. The summed E-state index contributed by atoms with van der Waals surface area (Å²) in [5, 5.41) is 7.87. The number of rotatable bonds is 3. The predicted octanol–water partition coefficient (Wildman–Crippen LogP) is 4.39. The van der Waals surface area contributed by atoms with Gasteiger partial charge in [-0.2, -0.15) is 0 Å². The minimum atomic E-state index is -0.629. The fourth-order valence-electron chi connectivity index (χ4n) is 1.90. The van der Waals surface area contributed by atoms with Crippen molar-refractivity contribution in [1.82, 2.24) is 0 Å². The van der Waals surface area contributed by atoms with E-state index in [1.165, 1.54) is 19.1 Å². The van der Waals surface area contributed by atoms with Gasteiger partial charge in [-0.3, -0.25) is 4.79 Å². The van der Waals surface area contributed by atoms with Gasteiger partial charge in [0, 0.05) is 23.3 Å². The average Bonchev–Trinajstić information content (AvgIpc) is 2.45. The van der Waals surface area contributed by atoms with Crippen molar-refractivity contribution in [2.75, 3.05) is 16.0 Å². The lowest BCUT2D eigenvalue weighted by Gasteiger charge is -2.11. The van der Waals surface area contributed by atoms with Crippen LogP contribution in [0.3, 0.4) is 0 Å². The van der Waals surface area contributed by atoms with Gasteiger partial charge in [0.15, 0.2) is 0 Å². The van der Waals surface area contributed by atoms with Crippen LogP contribution in [0.15, 0.2) is 36.4 Å². The molecule has 0 aliphatic carbocycles. The third-order valence-electron chi connectivity index (χ3n) is 2.99. The number of carbonyl (C=O) groups is 2. The quantitative estimate of drug-likeness (QED) is 0.778. The smallest absolute Gasteiger partial charge is 0.323 e. The Morgan fingerprint density at radius 3 is 2.39 bits per heavy atom. The van der Waals surface area contributed by atoms with Crippen molar-refractivity contribution in [3.63, 3.8) is 0 Å². The number of anilines is 3. The van der Waals surface area contributed by atoms with Crippen molar-refractivity contribution in [3.8, 4) is 0 Å². The maximum atomic E-state index is 13.6. The fraction of sp³-hybridized carbons (Fsp3) is 0.125. The topological polar surface area (TPSA) is 70.2 Å². The first-order valence-corrected chi connectivity index (χ1v) is 7.14. The van der Waals surface area contributed by atoms with Gasteiger partial charge in [-0.25, -0.2) is 9.18 Å². The van der Waals surface area contributed by atoms with Crippen molar-refractivity contribution >= 4 is 40.6 Å². The Hall–Kier alpha value is -2.60. The Labute approximate surface area is 137 Å². The summed E-state index contributed by atoms with van der Waals surface area (Å²) >= 11 is 5.65. The van der Waals surface area contributed by atoms with Crippen LogP contribution >= 0.6 is 11.6 Å². The van der Waals surface area contributed by atoms with E-state index in [1.54, 1.807) is 18.2 Å². The molecule has 3 N–H and O–H groups in total. The van der Waals surface area contributed by atoms with Gasteiger partial charge in [-0.05, 0) is 42.8 Å². The summed E-state index contributed by atoms with van der Waals surface area (Å²) in [5.74, 6) is -0.839. The van der Waals surface area contributed by atoms with Crippen LogP contribution in [-0.2, 0) is 4.79 Å². The Balaban J connectivity index is 2.09. The monoisotopic (exact) mass is 335 g/mol. The van der Waals surface area contributed by atoms with Gasteiger partial charge in [0.2, 0.25) is 5.91 Å². The van der Waals surface area contributed by atoms with Crippen molar-refractivity contribution in [2.45, 2.75) is 13.8 Å². The number of hydrogen-bond acceptors (Lipinski definition) is 2. The predicted molar refractivity (Wildman–Crippen MR) is 89.5 cm³/mol. The molecular formula is C16H15ClFN3O2. The number of benzene rings is 2. The van der Waals surface area contributed by atoms with Crippen LogP contribution in [0.25, 0.3) is 0 Å². The first-order chi connectivity index (χ1) is 10.8. The summed E-state index contributed by atoms with van der Waals surface area (Å²) in [7, 11) is 0. The van der Waals surface area contributed by atoms with Crippen LogP contribution in [0.2, 0.25) is 5.02 Å². The van der Waals surface area contributed by atoms with Crippen molar-refractivity contribution in [1.29, 1.82) is 0 Å². The summed E-state index contributed by atoms with van der Waals surface area (Å²) in [4.78, 5) is 23.1. The van der Waals surface area contributed by atoms with Gasteiger partial charge in [0.25, 0.3) is 0 Å². The molecule has 0 heterocycles. The molecule has 0 atom stereocenters. The van der Waals surface area contributed by atoms with E-state index in [0.717, 1.165) is 11.6 Å². The molecule has 0 bridgehead atoms. The molecule has 120 valence electrons. The Morgan fingerprint density at radius 1 is 1.00 bits per heavy atom. The first-order valence-electron chi connectivity index (χ1n) is 6.76. The Morgan fingerprint density at radius 2 is 1.74 bits per heavy atom. The zero-order valence-electron chi connectivity index (χ0n) is 12.5. The largest absolute Gasteiger partial charge is 0.326 e. The van der Waals surface area contributed by atoms with Crippen LogP contribution < -0.4 is 16.0 Å². The molecule has 0 unspecified atom stereocenters. The highest BCUT2D eigenvalue weighted by Gasteiger charge is 2.09. The van der Waals surface area contributed by atoms with Crippen LogP contribution in [0.1, 0.15) is 12.5 Å². The second kappa shape index (κ2) is 7.11. The summed E-state index contributed by atoms with van der Waals surface area (Å²) in [6.45, 7) is 3.23. The van der Waals surface area contributed by atoms with Gasteiger partial charge < -0.3 is 16.0 Å². The molecule has 2 aromatic rings. The summed E-state index contributed by atoms with van der Waals surface area (Å²) < 4.78 is 13.6. The minimum absolute atomic E-state index is 0.0149. The lowest BCUT2D eigenvalue weighted by molar-refractivity contribution is -0.114. The third kappa shape index (κ3) is 4.69. The fourth-order valence-corrected chi connectivity index (χ4v) is 2.06. The molecule has 2 rings (SSSR count). The normalized spacial score (nSPS) is 10.1. The zero-order chi connectivity index (χ0) is 17.0. The van der Waals surface area contributed by atoms with Gasteiger partial charge in [-0.15, -0.1) is 0 Å². The van der Waals surface area contributed by atoms with E-state index < -0.39 is 11.8 Å². The van der Waals surface area contributed by atoms with Crippen molar-refractivity contribution < 1.29 is 14.0 Å². The van der Waals surface area contributed by atoms with E-state index in [-0.39, 0.29) is 16.6 Å². The molecule has 3 amide bonds. The van der Waals surface area contributed by atoms with Crippen molar-refractivity contribution in [2.24, 2.45) is 0 Å². The third-order valence-corrected chi connectivity index (χ3v) is 3.22. The van der Waals surface area contributed by atoms with Gasteiger partial charge in [-0.1, -0.05) is 17.7 Å². The SMILES string of the molecule is CC(=O)Nc1cc(NC(=O)Nc2ccc(Cl)cc2F)ccc1C. The number of hydrogen-bond donors (Lipinski definition) is 3. The molecule has 0 aromatic heterocycles. The van der Waals surface area contributed by atoms with E-state index >= 15 is 0 Å². The number of nitrogens with one attached hydrogen (secondary N) is 3. The number of urea groups is 1. The maximum Gasteiger partial charge on any atom is 0.323 e. The molecule has 0 saturated heterocycles. The second-order valence-electron chi connectivity index (χ2n) is 4.91. The first kappa shape index (κ1) is 16.8. The average molecular weight is 336 g/mol. The number of carbonyl (C=O) groups excluding carboxylic acids is 2. The number of amides is 3. The van der Waals surface area contributed by atoms with Crippen LogP contribution in [0.4, 0.5) is 26.2 Å². The standard InChI is InChI=1S/C16H15ClFN3O2/c1-9-3-5-12(8-15(9)19-10(2)22)20-16(23)21-14-6-4-11(17)7-13(14)18/h3-8H,1-2H3,(H,19,22)(H2,20,21,23). The van der Waals surface area contributed by atoms with E-state index in [2.05, 4.69) is 16.0 Å². The molecule has 5 nitrogen and oxygen atoms in total. The molecule has 7 heteroatoms. The molecule has 0 aliphatic rings. The molecule has 0 radical (unpaired) electrons. The van der Waals surface area contributed by atoms with Crippen LogP contribution in [0, 0.1) is 12.7 Å². The Kier molecular flexibility index (Phi) is 5.18. The molecule has 0 saturated carbocycles. The molecule has 23 heavy (non-hydrogen) atoms. The molecule has 0 spiro atoms. The van der Waals surface area contributed by atoms with Crippen molar-refractivity contribution in [3.05, 3.63) is 52.8 Å². The van der Waals surface area contributed by atoms with E-state index in [1.807, 2.05) is 6.92 Å². The van der Waals surface area contributed by atoms with Gasteiger partial charge >= 0.3 is 6.03 Å². The molecule has 2 aromatic carbocycles. The molecular weight excluding hydrogens is 321 g/mol. The Bertz CT molecular complexity index is 765. The molecule has 0 aliphatic heterocycles. The van der Waals surface area contributed by atoms with Gasteiger partial charge in [0.05, 0.1) is 5.69 Å². The molecule has 0 fully saturated rings.